The van der Waals surface area contributed by atoms with Gasteiger partial charge in [0.2, 0.25) is 25.1 Å². The van der Waals surface area contributed by atoms with Gasteiger partial charge in [0.05, 0.1) is 28.4 Å². The van der Waals surface area contributed by atoms with Gasteiger partial charge in [-0.1, -0.05) is 24.3 Å². The molecule has 0 amide bonds. The minimum absolute atomic E-state index is 0.130. The monoisotopic (exact) mass is 570 g/mol. The van der Waals surface area contributed by atoms with Crippen LogP contribution in [-0.2, 0) is 25.7 Å². The standard InChI is InChI=1S/C34H34O8/c1-35-25-9-5-7-21(15-25)11-13-23-17-27(31(37-3)33-29(23)39-19-41-33)28-18-24(30-34(32(28)38-4)42-20-40-30)14-12-22-8-6-10-26(16-22)36-2/h5-10,15-18H,11-14,19-20H2,1-4H3. The summed E-state index contributed by atoms with van der Waals surface area (Å²) in [5.74, 6) is 5.43. The predicted molar refractivity (Wildman–Crippen MR) is 158 cm³/mol. The normalized spacial score (nSPS) is 12.8. The van der Waals surface area contributed by atoms with Crippen molar-refractivity contribution in [3.8, 4) is 57.1 Å². The van der Waals surface area contributed by atoms with Gasteiger partial charge >= 0.3 is 0 Å². The fourth-order valence-corrected chi connectivity index (χ4v) is 5.62. The second-order valence-electron chi connectivity index (χ2n) is 10.1. The first-order chi connectivity index (χ1) is 20.6. The summed E-state index contributed by atoms with van der Waals surface area (Å²) in [5, 5.41) is 0. The number of ether oxygens (including phenoxy) is 8. The summed E-state index contributed by atoms with van der Waals surface area (Å²) in [6, 6.07) is 20.4. The Hall–Kier alpha value is -4.72. The zero-order valence-corrected chi connectivity index (χ0v) is 24.3. The Balaban J connectivity index is 1.41. The van der Waals surface area contributed by atoms with Crippen LogP contribution in [0.2, 0.25) is 0 Å². The lowest BCUT2D eigenvalue weighted by atomic mass is 9.93. The summed E-state index contributed by atoms with van der Waals surface area (Å²) in [6.45, 7) is 0.261. The third-order valence-corrected chi connectivity index (χ3v) is 7.68. The maximum absolute atomic E-state index is 5.96. The van der Waals surface area contributed by atoms with Gasteiger partial charge in [-0.05, 0) is 84.3 Å². The highest BCUT2D eigenvalue weighted by Crippen LogP contribution is 2.55. The molecule has 0 unspecified atom stereocenters. The van der Waals surface area contributed by atoms with Crippen molar-refractivity contribution in [3.63, 3.8) is 0 Å². The molecule has 0 saturated carbocycles. The number of fused-ring (bicyclic) bond motifs is 2. The van der Waals surface area contributed by atoms with Crippen molar-refractivity contribution in [2.24, 2.45) is 0 Å². The molecule has 42 heavy (non-hydrogen) atoms. The van der Waals surface area contributed by atoms with Gasteiger partial charge in [0.25, 0.3) is 0 Å². The van der Waals surface area contributed by atoms with Gasteiger partial charge < -0.3 is 37.9 Å². The first kappa shape index (κ1) is 27.4. The fraction of sp³-hybridized carbons (Fsp3) is 0.294. The molecule has 0 spiro atoms. The maximum Gasteiger partial charge on any atom is 0.231 e. The van der Waals surface area contributed by atoms with Crippen molar-refractivity contribution < 1.29 is 37.9 Å². The van der Waals surface area contributed by atoms with E-state index in [1.54, 1.807) is 28.4 Å². The summed E-state index contributed by atoms with van der Waals surface area (Å²) >= 11 is 0. The van der Waals surface area contributed by atoms with Gasteiger partial charge in [-0.3, -0.25) is 0 Å². The lowest BCUT2D eigenvalue weighted by Gasteiger charge is -2.19. The zero-order valence-electron chi connectivity index (χ0n) is 24.3. The number of hydrogen-bond acceptors (Lipinski definition) is 8. The molecule has 0 aliphatic carbocycles. The average molecular weight is 571 g/mol. The topological polar surface area (TPSA) is 73.8 Å². The van der Waals surface area contributed by atoms with E-state index in [4.69, 9.17) is 37.9 Å². The molecule has 0 bridgehead atoms. The Morgan fingerprint density at radius 2 is 0.929 bits per heavy atom. The van der Waals surface area contributed by atoms with Gasteiger partial charge in [0.1, 0.15) is 11.5 Å². The average Bonchev–Trinajstić information content (AvgIpc) is 3.73. The highest BCUT2D eigenvalue weighted by atomic mass is 16.7. The molecule has 8 nitrogen and oxygen atoms in total. The minimum Gasteiger partial charge on any atom is -0.497 e. The molecule has 0 saturated heterocycles. The molecule has 2 aliphatic rings. The van der Waals surface area contributed by atoms with Crippen molar-refractivity contribution >= 4 is 0 Å². The van der Waals surface area contributed by atoms with Crippen LogP contribution in [-0.4, -0.2) is 42.0 Å². The van der Waals surface area contributed by atoms with Crippen LogP contribution in [0, 0.1) is 0 Å². The lowest BCUT2D eigenvalue weighted by Crippen LogP contribution is -2.00. The molecule has 4 aromatic rings. The molecule has 4 aromatic carbocycles. The van der Waals surface area contributed by atoms with Gasteiger partial charge in [-0.2, -0.15) is 0 Å². The summed E-state index contributed by atoms with van der Waals surface area (Å²) in [5.41, 5.74) is 6.03. The molecule has 218 valence electrons. The van der Waals surface area contributed by atoms with Crippen LogP contribution in [0.15, 0.2) is 60.7 Å². The van der Waals surface area contributed by atoms with Crippen molar-refractivity contribution in [2.75, 3.05) is 42.0 Å². The predicted octanol–water partition coefficient (Wildman–Crippen LogP) is 6.42. The van der Waals surface area contributed by atoms with Crippen LogP contribution in [0.1, 0.15) is 22.3 Å². The number of aryl methyl sites for hydroxylation is 4. The van der Waals surface area contributed by atoms with E-state index < -0.39 is 0 Å². The highest BCUT2D eigenvalue weighted by molar-refractivity contribution is 5.85. The van der Waals surface area contributed by atoms with Crippen molar-refractivity contribution in [1.29, 1.82) is 0 Å². The van der Waals surface area contributed by atoms with Crippen molar-refractivity contribution in [1.82, 2.24) is 0 Å². The van der Waals surface area contributed by atoms with Crippen LogP contribution < -0.4 is 37.9 Å². The lowest BCUT2D eigenvalue weighted by molar-refractivity contribution is 0.170. The largest absolute Gasteiger partial charge is 0.497 e. The third-order valence-electron chi connectivity index (χ3n) is 7.68. The smallest absolute Gasteiger partial charge is 0.231 e. The van der Waals surface area contributed by atoms with E-state index in [1.807, 2.05) is 24.3 Å². The van der Waals surface area contributed by atoms with Crippen LogP contribution in [0.3, 0.4) is 0 Å². The summed E-state index contributed by atoms with van der Waals surface area (Å²) in [4.78, 5) is 0. The van der Waals surface area contributed by atoms with Crippen LogP contribution in [0.5, 0.6) is 46.0 Å². The SMILES string of the molecule is COc1cccc(CCc2cc(-c3cc(CCc4cccc(OC)c4)c4c(c3OC)OCO4)c(OC)c3c2OCO3)c1. The maximum atomic E-state index is 5.96. The van der Waals surface area contributed by atoms with E-state index in [-0.39, 0.29) is 13.6 Å². The summed E-state index contributed by atoms with van der Waals surface area (Å²) in [7, 11) is 6.63. The highest BCUT2D eigenvalue weighted by Gasteiger charge is 2.32. The second kappa shape index (κ2) is 12.0. The second-order valence-corrected chi connectivity index (χ2v) is 10.1. The molecule has 2 heterocycles. The van der Waals surface area contributed by atoms with Crippen LogP contribution >= 0.6 is 0 Å². The van der Waals surface area contributed by atoms with Crippen molar-refractivity contribution in [3.05, 3.63) is 82.9 Å². The van der Waals surface area contributed by atoms with Gasteiger partial charge in [-0.15, -0.1) is 0 Å². The van der Waals surface area contributed by atoms with Gasteiger partial charge in [0.15, 0.2) is 23.0 Å². The third kappa shape index (κ3) is 5.20. The Morgan fingerprint density at radius 1 is 0.500 bits per heavy atom. The quantitative estimate of drug-likeness (QED) is 0.205. The molecule has 8 heteroatoms. The van der Waals surface area contributed by atoms with Crippen molar-refractivity contribution in [2.45, 2.75) is 25.7 Å². The number of rotatable bonds is 11. The first-order valence-corrected chi connectivity index (χ1v) is 13.9. The summed E-state index contributed by atoms with van der Waals surface area (Å²) in [6.07, 6.45) is 3.04. The fourth-order valence-electron chi connectivity index (χ4n) is 5.62. The Kier molecular flexibility index (Phi) is 7.86. The molecule has 0 N–H and O–H groups in total. The molecule has 6 rings (SSSR count). The molecule has 0 radical (unpaired) electrons. The molecule has 0 atom stereocenters. The van der Waals surface area contributed by atoms with E-state index in [1.165, 1.54) is 11.1 Å². The van der Waals surface area contributed by atoms with E-state index in [9.17, 15) is 0 Å². The van der Waals surface area contributed by atoms with Crippen LogP contribution in [0.25, 0.3) is 11.1 Å². The van der Waals surface area contributed by atoms with Crippen LogP contribution in [0.4, 0.5) is 0 Å². The molecular weight excluding hydrogens is 536 g/mol. The number of hydrogen-bond donors (Lipinski definition) is 0. The zero-order chi connectivity index (χ0) is 29.1. The summed E-state index contributed by atoms with van der Waals surface area (Å²) < 4.78 is 46.5. The van der Waals surface area contributed by atoms with Gasteiger partial charge in [-0.25, -0.2) is 0 Å². The van der Waals surface area contributed by atoms with Gasteiger partial charge in [0, 0.05) is 11.1 Å². The molecule has 0 fully saturated rings. The number of methoxy groups -OCH3 is 4. The minimum atomic E-state index is 0.130. The van der Waals surface area contributed by atoms with E-state index in [0.717, 1.165) is 59.4 Å². The molecular formula is C34H34O8. The number of benzene rings is 4. The van der Waals surface area contributed by atoms with E-state index in [0.29, 0.717) is 34.5 Å². The van der Waals surface area contributed by atoms with E-state index >= 15 is 0 Å². The Morgan fingerprint density at radius 3 is 1.33 bits per heavy atom. The Labute approximate surface area is 245 Å². The molecule has 2 aliphatic heterocycles. The first-order valence-electron chi connectivity index (χ1n) is 13.9. The van der Waals surface area contributed by atoms with E-state index in [2.05, 4.69) is 36.4 Å². The molecule has 0 aromatic heterocycles. The Bertz CT molecular complexity index is 1480.